The van der Waals surface area contributed by atoms with Crippen molar-refractivity contribution in [3.8, 4) is 5.75 Å². The summed E-state index contributed by atoms with van der Waals surface area (Å²) in [6.07, 6.45) is 0. The molecule has 0 aliphatic heterocycles. The van der Waals surface area contributed by atoms with E-state index in [1.54, 1.807) is 6.92 Å². The van der Waals surface area contributed by atoms with Crippen molar-refractivity contribution in [3.05, 3.63) is 23.8 Å². The Morgan fingerprint density at radius 3 is 2.71 bits per heavy atom. The molecular weight excluding hydrogens is 212 g/mol. The smallest absolute Gasteiger partial charge is 0.202 e. The molecule has 1 rings (SSSR count). The standard InChI is InChI=1S/C9H10ClF2NO/c1-5(10)4-14-9-7(13)3-2-6(11)8(9)12/h2-3,5H,4,13H2,1H3/t5-/m0/s1. The molecule has 0 spiro atoms. The van der Waals surface area contributed by atoms with Gasteiger partial charge >= 0.3 is 0 Å². The van der Waals surface area contributed by atoms with Gasteiger partial charge in [-0.15, -0.1) is 11.6 Å². The average Bonchev–Trinajstić information content (AvgIpc) is 2.11. The van der Waals surface area contributed by atoms with Crippen LogP contribution < -0.4 is 10.5 Å². The lowest BCUT2D eigenvalue weighted by Crippen LogP contribution is -2.10. The van der Waals surface area contributed by atoms with E-state index in [-0.39, 0.29) is 23.4 Å². The number of rotatable bonds is 3. The molecule has 0 amide bonds. The van der Waals surface area contributed by atoms with Gasteiger partial charge < -0.3 is 10.5 Å². The third kappa shape index (κ3) is 2.48. The summed E-state index contributed by atoms with van der Waals surface area (Å²) in [4.78, 5) is 0. The zero-order chi connectivity index (χ0) is 10.7. The summed E-state index contributed by atoms with van der Waals surface area (Å²) in [7, 11) is 0. The van der Waals surface area contributed by atoms with E-state index in [9.17, 15) is 8.78 Å². The highest BCUT2D eigenvalue weighted by Gasteiger charge is 2.13. The van der Waals surface area contributed by atoms with Crippen LogP contribution in [0.5, 0.6) is 5.75 Å². The van der Waals surface area contributed by atoms with Crippen LogP contribution in [0.4, 0.5) is 14.5 Å². The van der Waals surface area contributed by atoms with Crippen LogP contribution in [0.3, 0.4) is 0 Å². The zero-order valence-corrected chi connectivity index (χ0v) is 8.31. The van der Waals surface area contributed by atoms with Crippen LogP contribution in [0.25, 0.3) is 0 Å². The maximum Gasteiger partial charge on any atom is 0.202 e. The van der Waals surface area contributed by atoms with Crippen molar-refractivity contribution >= 4 is 17.3 Å². The van der Waals surface area contributed by atoms with Crippen LogP contribution in [-0.2, 0) is 0 Å². The monoisotopic (exact) mass is 221 g/mol. The Morgan fingerprint density at radius 1 is 1.50 bits per heavy atom. The van der Waals surface area contributed by atoms with Crippen LogP contribution in [0.15, 0.2) is 12.1 Å². The number of hydrogen-bond donors (Lipinski definition) is 1. The lowest BCUT2D eigenvalue weighted by atomic mass is 10.3. The fourth-order valence-electron chi connectivity index (χ4n) is 0.892. The summed E-state index contributed by atoms with van der Waals surface area (Å²) >= 11 is 5.59. The number of anilines is 1. The molecular formula is C9H10ClF2NO. The number of nitrogens with two attached hydrogens (primary N) is 1. The van der Waals surface area contributed by atoms with E-state index >= 15 is 0 Å². The molecule has 0 saturated carbocycles. The van der Waals surface area contributed by atoms with E-state index in [1.165, 1.54) is 6.07 Å². The molecule has 0 fully saturated rings. The molecule has 1 atom stereocenters. The van der Waals surface area contributed by atoms with Gasteiger partial charge in [0.2, 0.25) is 5.82 Å². The van der Waals surface area contributed by atoms with E-state index in [1.807, 2.05) is 0 Å². The Morgan fingerprint density at radius 2 is 2.14 bits per heavy atom. The Balaban J connectivity index is 2.89. The second-order valence-corrected chi connectivity index (χ2v) is 3.62. The van der Waals surface area contributed by atoms with Gasteiger partial charge in [0.15, 0.2) is 11.6 Å². The molecule has 0 aliphatic rings. The van der Waals surface area contributed by atoms with Gasteiger partial charge in [-0.3, -0.25) is 0 Å². The van der Waals surface area contributed by atoms with Gasteiger partial charge in [-0.25, -0.2) is 4.39 Å². The van der Waals surface area contributed by atoms with Crippen molar-refractivity contribution in [3.63, 3.8) is 0 Å². The largest absolute Gasteiger partial charge is 0.487 e. The summed E-state index contributed by atoms with van der Waals surface area (Å²) in [5.41, 5.74) is 5.46. The van der Waals surface area contributed by atoms with Gasteiger partial charge in [-0.1, -0.05) is 0 Å². The number of hydrogen-bond acceptors (Lipinski definition) is 2. The van der Waals surface area contributed by atoms with Gasteiger partial charge in [-0.2, -0.15) is 4.39 Å². The predicted octanol–water partition coefficient (Wildman–Crippen LogP) is 2.55. The third-order valence-corrected chi connectivity index (χ3v) is 1.66. The molecule has 0 aliphatic carbocycles. The highest BCUT2D eigenvalue weighted by molar-refractivity contribution is 6.20. The zero-order valence-electron chi connectivity index (χ0n) is 7.56. The maximum absolute atomic E-state index is 13.1. The van der Waals surface area contributed by atoms with Gasteiger partial charge in [0, 0.05) is 0 Å². The van der Waals surface area contributed by atoms with Crippen molar-refractivity contribution in [2.75, 3.05) is 12.3 Å². The molecule has 5 heteroatoms. The molecule has 0 aromatic heterocycles. The first-order chi connectivity index (χ1) is 6.52. The second-order valence-electron chi connectivity index (χ2n) is 2.87. The molecule has 78 valence electrons. The number of ether oxygens (including phenoxy) is 1. The van der Waals surface area contributed by atoms with Gasteiger partial charge in [-0.05, 0) is 19.1 Å². The molecule has 1 aromatic rings. The van der Waals surface area contributed by atoms with Gasteiger partial charge in [0.25, 0.3) is 0 Å². The summed E-state index contributed by atoms with van der Waals surface area (Å²) in [5.74, 6) is -2.35. The maximum atomic E-state index is 13.1. The van der Waals surface area contributed by atoms with E-state index in [2.05, 4.69) is 0 Å². The number of nitrogen functional groups attached to an aromatic ring is 1. The highest BCUT2D eigenvalue weighted by Crippen LogP contribution is 2.27. The van der Waals surface area contributed by atoms with Crippen molar-refractivity contribution in [2.45, 2.75) is 12.3 Å². The molecule has 0 heterocycles. The first-order valence-corrected chi connectivity index (χ1v) is 4.46. The Bertz CT molecular complexity index is 331. The molecule has 0 unspecified atom stereocenters. The fraction of sp³-hybridized carbons (Fsp3) is 0.333. The quantitative estimate of drug-likeness (QED) is 0.629. The van der Waals surface area contributed by atoms with Crippen molar-refractivity contribution in [2.24, 2.45) is 0 Å². The third-order valence-electron chi connectivity index (χ3n) is 1.54. The first kappa shape index (κ1) is 11.0. The first-order valence-electron chi connectivity index (χ1n) is 4.02. The van der Waals surface area contributed by atoms with E-state index in [4.69, 9.17) is 22.1 Å². The molecule has 2 N–H and O–H groups in total. The normalized spacial score (nSPS) is 12.6. The van der Waals surface area contributed by atoms with Crippen molar-refractivity contribution in [1.29, 1.82) is 0 Å². The van der Waals surface area contributed by atoms with Crippen LogP contribution in [0, 0.1) is 11.6 Å². The molecule has 0 radical (unpaired) electrons. The fourth-order valence-corrected chi connectivity index (χ4v) is 0.955. The summed E-state index contributed by atoms with van der Waals surface area (Å²) in [5, 5.41) is -0.294. The lowest BCUT2D eigenvalue weighted by Gasteiger charge is -2.10. The number of halogens is 3. The van der Waals surface area contributed by atoms with Crippen LogP contribution in [-0.4, -0.2) is 12.0 Å². The van der Waals surface area contributed by atoms with E-state index in [0.29, 0.717) is 0 Å². The van der Waals surface area contributed by atoms with Gasteiger partial charge in [0.05, 0.1) is 11.1 Å². The van der Waals surface area contributed by atoms with E-state index in [0.717, 1.165) is 6.07 Å². The van der Waals surface area contributed by atoms with Gasteiger partial charge in [0.1, 0.15) is 6.61 Å². The lowest BCUT2D eigenvalue weighted by molar-refractivity contribution is 0.299. The SMILES string of the molecule is C[C@H](Cl)COc1c(N)ccc(F)c1F. The minimum absolute atomic E-state index is 0.0567. The summed E-state index contributed by atoms with van der Waals surface area (Å²) in [6, 6.07) is 2.19. The number of benzene rings is 1. The summed E-state index contributed by atoms with van der Waals surface area (Å²) < 4.78 is 30.8. The Hall–Kier alpha value is -1.03. The summed E-state index contributed by atoms with van der Waals surface area (Å²) in [6.45, 7) is 1.75. The topological polar surface area (TPSA) is 35.2 Å². The van der Waals surface area contributed by atoms with Crippen molar-refractivity contribution < 1.29 is 13.5 Å². The predicted molar refractivity (Wildman–Crippen MR) is 51.6 cm³/mol. The Kier molecular flexibility index (Phi) is 3.52. The average molecular weight is 222 g/mol. The highest BCUT2D eigenvalue weighted by atomic mass is 35.5. The van der Waals surface area contributed by atoms with Crippen LogP contribution in [0.1, 0.15) is 6.92 Å². The molecule has 2 nitrogen and oxygen atoms in total. The minimum Gasteiger partial charge on any atom is -0.487 e. The molecule has 0 bridgehead atoms. The minimum atomic E-state index is -1.08. The van der Waals surface area contributed by atoms with Crippen molar-refractivity contribution in [1.82, 2.24) is 0 Å². The van der Waals surface area contributed by atoms with Crippen LogP contribution in [0.2, 0.25) is 0 Å². The molecule has 1 aromatic carbocycles. The van der Waals surface area contributed by atoms with E-state index < -0.39 is 11.6 Å². The number of alkyl halides is 1. The molecule has 0 saturated heterocycles. The Labute approximate surface area is 85.6 Å². The molecule has 14 heavy (non-hydrogen) atoms. The second kappa shape index (κ2) is 4.46. The van der Waals surface area contributed by atoms with Crippen LogP contribution >= 0.6 is 11.6 Å².